The van der Waals surface area contributed by atoms with Crippen molar-refractivity contribution in [1.29, 1.82) is 5.26 Å². The van der Waals surface area contributed by atoms with Crippen LogP contribution in [0.1, 0.15) is 19.8 Å². The standard InChI is InChI=1S/C11H14N2O4/c1-3-17-11(15)9-5-4-8(13-9)7(6-12)10(14)16-2/h9,13H,3-5H2,1-2H3/b8-7-. The Bertz CT molecular complexity index is 395. The first-order chi connectivity index (χ1) is 8.13. The molecule has 0 spiro atoms. The summed E-state index contributed by atoms with van der Waals surface area (Å²) < 4.78 is 9.33. The smallest absolute Gasteiger partial charge is 0.350 e. The molecule has 1 saturated heterocycles. The molecule has 0 aliphatic carbocycles. The molecule has 0 bridgehead atoms. The summed E-state index contributed by atoms with van der Waals surface area (Å²) in [5.74, 6) is -1.07. The van der Waals surface area contributed by atoms with E-state index in [4.69, 9.17) is 10.00 Å². The van der Waals surface area contributed by atoms with E-state index < -0.39 is 12.0 Å². The van der Waals surface area contributed by atoms with Crippen LogP contribution in [0.4, 0.5) is 0 Å². The fourth-order valence-electron chi connectivity index (χ4n) is 1.60. The third kappa shape index (κ3) is 2.97. The summed E-state index contributed by atoms with van der Waals surface area (Å²) in [6.45, 7) is 2.02. The Morgan fingerprint density at radius 3 is 2.82 bits per heavy atom. The van der Waals surface area contributed by atoms with E-state index >= 15 is 0 Å². The molecule has 1 aliphatic heterocycles. The van der Waals surface area contributed by atoms with Gasteiger partial charge in [0.25, 0.3) is 0 Å². The number of allylic oxidation sites excluding steroid dienone is 1. The normalized spacial score (nSPS) is 21.1. The number of carbonyl (C=O) groups excluding carboxylic acids is 2. The van der Waals surface area contributed by atoms with Crippen molar-refractivity contribution in [1.82, 2.24) is 5.32 Å². The van der Waals surface area contributed by atoms with Crippen molar-refractivity contribution in [2.45, 2.75) is 25.8 Å². The van der Waals surface area contributed by atoms with Gasteiger partial charge in [-0.05, 0) is 19.8 Å². The molecule has 92 valence electrons. The summed E-state index contributed by atoms with van der Waals surface area (Å²) in [6.07, 6.45) is 0.970. The predicted octanol–water partition coefficient (Wildman–Crippen LogP) is 0.252. The quantitative estimate of drug-likeness (QED) is 0.431. The van der Waals surface area contributed by atoms with Crippen LogP contribution < -0.4 is 5.32 Å². The van der Waals surface area contributed by atoms with Crippen LogP contribution in [0.3, 0.4) is 0 Å². The largest absolute Gasteiger partial charge is 0.465 e. The van der Waals surface area contributed by atoms with Crippen LogP contribution in [-0.4, -0.2) is 31.7 Å². The average Bonchev–Trinajstić information content (AvgIpc) is 2.79. The van der Waals surface area contributed by atoms with Crippen LogP contribution in [0.15, 0.2) is 11.3 Å². The Kier molecular flexibility index (Phi) is 4.52. The zero-order chi connectivity index (χ0) is 12.8. The van der Waals surface area contributed by atoms with Gasteiger partial charge in [-0.25, -0.2) is 9.59 Å². The maximum atomic E-state index is 11.4. The predicted molar refractivity (Wildman–Crippen MR) is 57.4 cm³/mol. The van der Waals surface area contributed by atoms with E-state index in [1.165, 1.54) is 7.11 Å². The minimum atomic E-state index is -0.695. The van der Waals surface area contributed by atoms with E-state index in [1.54, 1.807) is 13.0 Å². The Balaban J connectivity index is 2.78. The maximum Gasteiger partial charge on any atom is 0.350 e. The molecule has 6 heteroatoms. The molecule has 1 atom stereocenters. The molecule has 1 unspecified atom stereocenters. The molecular weight excluding hydrogens is 224 g/mol. The molecule has 1 N–H and O–H groups in total. The van der Waals surface area contributed by atoms with E-state index in [1.807, 2.05) is 0 Å². The fraction of sp³-hybridized carbons (Fsp3) is 0.545. The molecule has 6 nitrogen and oxygen atoms in total. The Morgan fingerprint density at radius 1 is 1.59 bits per heavy atom. The number of nitriles is 1. The molecule has 1 aliphatic rings. The molecule has 0 amide bonds. The second-order valence-corrected chi connectivity index (χ2v) is 3.44. The van der Waals surface area contributed by atoms with Crippen molar-refractivity contribution >= 4 is 11.9 Å². The van der Waals surface area contributed by atoms with Gasteiger partial charge in [0, 0.05) is 5.70 Å². The SMILES string of the molecule is CCOC(=O)C1CC/C(=C(\C#N)C(=O)OC)N1. The van der Waals surface area contributed by atoms with Crippen LogP contribution in [0.5, 0.6) is 0 Å². The van der Waals surface area contributed by atoms with Crippen LogP contribution >= 0.6 is 0 Å². The van der Waals surface area contributed by atoms with Gasteiger partial charge in [-0.1, -0.05) is 0 Å². The van der Waals surface area contributed by atoms with Crippen molar-refractivity contribution < 1.29 is 19.1 Å². The Morgan fingerprint density at radius 2 is 2.29 bits per heavy atom. The molecule has 17 heavy (non-hydrogen) atoms. The molecule has 0 saturated carbocycles. The number of methoxy groups -OCH3 is 1. The van der Waals surface area contributed by atoms with E-state index in [-0.39, 0.29) is 11.5 Å². The van der Waals surface area contributed by atoms with Crippen molar-refractivity contribution in [3.05, 3.63) is 11.3 Å². The number of hydrogen-bond donors (Lipinski definition) is 1. The summed E-state index contributed by atoms with van der Waals surface area (Å²) in [4.78, 5) is 22.7. The molecule has 0 aromatic rings. The zero-order valence-electron chi connectivity index (χ0n) is 9.78. The van der Waals surface area contributed by atoms with Gasteiger partial charge < -0.3 is 14.8 Å². The van der Waals surface area contributed by atoms with Crippen molar-refractivity contribution in [2.24, 2.45) is 0 Å². The van der Waals surface area contributed by atoms with Gasteiger partial charge in [0.05, 0.1) is 13.7 Å². The van der Waals surface area contributed by atoms with Crippen molar-refractivity contribution in [3.8, 4) is 6.07 Å². The van der Waals surface area contributed by atoms with Gasteiger partial charge in [-0.15, -0.1) is 0 Å². The summed E-state index contributed by atoms with van der Waals surface area (Å²) >= 11 is 0. The van der Waals surface area contributed by atoms with Gasteiger partial charge in [0.1, 0.15) is 12.1 Å². The number of ether oxygens (including phenoxy) is 2. The minimum Gasteiger partial charge on any atom is -0.465 e. The lowest BCUT2D eigenvalue weighted by Gasteiger charge is -2.10. The van der Waals surface area contributed by atoms with E-state index in [0.717, 1.165) is 0 Å². The highest BCUT2D eigenvalue weighted by atomic mass is 16.5. The molecule has 1 rings (SSSR count). The first-order valence-electron chi connectivity index (χ1n) is 5.28. The second-order valence-electron chi connectivity index (χ2n) is 3.44. The van der Waals surface area contributed by atoms with Gasteiger partial charge in [-0.2, -0.15) is 5.26 Å². The van der Waals surface area contributed by atoms with Crippen LogP contribution in [0, 0.1) is 11.3 Å². The van der Waals surface area contributed by atoms with Crippen LogP contribution in [0.25, 0.3) is 0 Å². The van der Waals surface area contributed by atoms with Gasteiger partial charge in [0.2, 0.25) is 0 Å². The Labute approximate surface area is 99.2 Å². The fourth-order valence-corrected chi connectivity index (χ4v) is 1.60. The van der Waals surface area contributed by atoms with Crippen molar-refractivity contribution in [3.63, 3.8) is 0 Å². The van der Waals surface area contributed by atoms with Gasteiger partial charge in [-0.3, -0.25) is 0 Å². The molecule has 0 aromatic carbocycles. The highest BCUT2D eigenvalue weighted by molar-refractivity contribution is 5.93. The van der Waals surface area contributed by atoms with Gasteiger partial charge in [0.15, 0.2) is 5.57 Å². The lowest BCUT2D eigenvalue weighted by Crippen LogP contribution is -2.32. The first kappa shape index (κ1) is 13.0. The number of nitrogens with zero attached hydrogens (tertiary/aromatic N) is 1. The molecule has 1 heterocycles. The monoisotopic (exact) mass is 238 g/mol. The van der Waals surface area contributed by atoms with Crippen LogP contribution in [-0.2, 0) is 19.1 Å². The lowest BCUT2D eigenvalue weighted by atomic mass is 10.2. The third-order valence-corrected chi connectivity index (χ3v) is 2.41. The molecule has 0 radical (unpaired) electrons. The Hall–Kier alpha value is -2.03. The number of hydrogen-bond acceptors (Lipinski definition) is 6. The second kappa shape index (κ2) is 5.89. The highest BCUT2D eigenvalue weighted by Gasteiger charge is 2.30. The van der Waals surface area contributed by atoms with Crippen LogP contribution in [0.2, 0.25) is 0 Å². The maximum absolute atomic E-state index is 11.4. The average molecular weight is 238 g/mol. The third-order valence-electron chi connectivity index (χ3n) is 2.41. The summed E-state index contributed by atoms with van der Waals surface area (Å²) in [7, 11) is 1.21. The first-order valence-corrected chi connectivity index (χ1v) is 5.28. The topological polar surface area (TPSA) is 88.4 Å². The number of rotatable bonds is 3. The number of carbonyl (C=O) groups is 2. The van der Waals surface area contributed by atoms with Crippen molar-refractivity contribution in [2.75, 3.05) is 13.7 Å². The summed E-state index contributed by atoms with van der Waals surface area (Å²) in [5.41, 5.74) is 0.358. The molecular formula is C11H14N2O4. The zero-order valence-corrected chi connectivity index (χ0v) is 9.78. The number of nitrogens with one attached hydrogen (secondary N) is 1. The van der Waals surface area contributed by atoms with E-state index in [9.17, 15) is 9.59 Å². The molecule has 1 fully saturated rings. The van der Waals surface area contributed by atoms with E-state index in [2.05, 4.69) is 10.1 Å². The summed E-state index contributed by atoms with van der Waals surface area (Å²) in [6, 6.07) is 1.29. The van der Waals surface area contributed by atoms with E-state index in [0.29, 0.717) is 25.1 Å². The summed E-state index contributed by atoms with van der Waals surface area (Å²) in [5, 5.41) is 11.7. The highest BCUT2D eigenvalue weighted by Crippen LogP contribution is 2.20. The van der Waals surface area contributed by atoms with Gasteiger partial charge >= 0.3 is 11.9 Å². The minimum absolute atomic E-state index is 0.0840. The molecule has 0 aromatic heterocycles. The lowest BCUT2D eigenvalue weighted by molar-refractivity contribution is -0.145. The number of esters is 2.